The zero-order valence-corrected chi connectivity index (χ0v) is 20.0. The van der Waals surface area contributed by atoms with Crippen LogP contribution < -0.4 is 10.0 Å². The van der Waals surface area contributed by atoms with Gasteiger partial charge in [0.25, 0.3) is 0 Å². The Morgan fingerprint density at radius 1 is 1.32 bits per heavy atom. The number of thiazole rings is 1. The molecule has 1 aromatic carbocycles. The third kappa shape index (κ3) is 5.63. The molecule has 0 saturated heterocycles. The van der Waals surface area contributed by atoms with Crippen molar-refractivity contribution in [2.75, 3.05) is 6.54 Å². The number of aromatic nitrogens is 3. The van der Waals surface area contributed by atoms with Gasteiger partial charge in [0, 0.05) is 28.5 Å². The summed E-state index contributed by atoms with van der Waals surface area (Å²) in [6.45, 7) is 2.95. The number of amides is 2. The fourth-order valence-electron chi connectivity index (χ4n) is 3.49. The molecule has 0 aliphatic heterocycles. The second kappa shape index (κ2) is 10.1. The van der Waals surface area contributed by atoms with Crippen LogP contribution in [0.15, 0.2) is 40.9 Å². The van der Waals surface area contributed by atoms with Gasteiger partial charge >= 0.3 is 6.03 Å². The third-order valence-electron chi connectivity index (χ3n) is 4.90. The molecule has 0 bridgehead atoms. The SMILES string of the molecule is Cc1ncc(SNC(=O)NC/C=C2\CCCc3cnn(Cc4ccc(Cl)cc4Cl)c32)s1. The molecule has 0 fully saturated rings. The first-order chi connectivity index (χ1) is 15.0. The molecule has 162 valence electrons. The molecule has 1 aliphatic rings. The molecule has 0 unspecified atom stereocenters. The monoisotopic (exact) mass is 493 g/mol. The zero-order chi connectivity index (χ0) is 21.8. The lowest BCUT2D eigenvalue weighted by atomic mass is 9.92. The van der Waals surface area contributed by atoms with Crippen LogP contribution in [0, 0.1) is 6.92 Å². The minimum atomic E-state index is -0.231. The van der Waals surface area contributed by atoms with Gasteiger partial charge in [0.2, 0.25) is 0 Å². The van der Waals surface area contributed by atoms with Crippen molar-refractivity contribution in [3.8, 4) is 0 Å². The lowest BCUT2D eigenvalue weighted by molar-refractivity contribution is 0.247. The number of nitrogens with one attached hydrogen (secondary N) is 2. The Bertz CT molecular complexity index is 1120. The van der Waals surface area contributed by atoms with Gasteiger partial charge in [-0.3, -0.25) is 9.40 Å². The predicted octanol–water partition coefficient (Wildman–Crippen LogP) is 5.73. The summed E-state index contributed by atoms with van der Waals surface area (Å²) in [4.78, 5) is 16.3. The van der Waals surface area contributed by atoms with Gasteiger partial charge in [0.1, 0.15) is 4.21 Å². The van der Waals surface area contributed by atoms with Gasteiger partial charge in [-0.15, -0.1) is 11.3 Å². The van der Waals surface area contributed by atoms with Crippen molar-refractivity contribution in [1.82, 2.24) is 24.8 Å². The topological polar surface area (TPSA) is 71.8 Å². The molecule has 0 radical (unpaired) electrons. The summed E-state index contributed by atoms with van der Waals surface area (Å²) in [7, 11) is 0. The summed E-state index contributed by atoms with van der Waals surface area (Å²) in [5.41, 5.74) is 4.50. The number of fused-ring (bicyclic) bond motifs is 1. The highest BCUT2D eigenvalue weighted by Crippen LogP contribution is 2.32. The number of benzene rings is 1. The molecule has 31 heavy (non-hydrogen) atoms. The van der Waals surface area contributed by atoms with E-state index in [2.05, 4.69) is 26.2 Å². The van der Waals surface area contributed by atoms with E-state index in [0.29, 0.717) is 23.1 Å². The van der Waals surface area contributed by atoms with Crippen molar-refractivity contribution in [3.63, 3.8) is 0 Å². The smallest absolute Gasteiger partial charge is 0.325 e. The molecule has 0 saturated carbocycles. The van der Waals surface area contributed by atoms with Crippen LogP contribution in [0.3, 0.4) is 0 Å². The van der Waals surface area contributed by atoms with E-state index < -0.39 is 0 Å². The maximum Gasteiger partial charge on any atom is 0.325 e. The van der Waals surface area contributed by atoms with Crippen LogP contribution in [0.4, 0.5) is 4.79 Å². The van der Waals surface area contributed by atoms with Crippen molar-refractivity contribution in [1.29, 1.82) is 0 Å². The highest BCUT2D eigenvalue weighted by molar-refractivity contribution is 7.99. The predicted molar refractivity (Wildman–Crippen MR) is 128 cm³/mol. The standard InChI is InChI=1S/C21H21Cl2N5OS2/c1-13-25-11-19(30-13)31-27-21(29)24-8-7-14-3-2-4-15-10-26-28(20(14)15)12-16-5-6-17(22)9-18(16)23/h5-7,9-11H,2-4,8,12H2,1H3,(H2,24,27,29)/b14-7+. The number of halogens is 2. The maximum atomic E-state index is 12.1. The van der Waals surface area contributed by atoms with Crippen molar-refractivity contribution < 1.29 is 4.79 Å². The molecule has 2 amide bonds. The van der Waals surface area contributed by atoms with Crippen LogP contribution in [0.25, 0.3) is 5.57 Å². The van der Waals surface area contributed by atoms with Gasteiger partial charge < -0.3 is 5.32 Å². The van der Waals surface area contributed by atoms with Crippen molar-refractivity contribution in [2.24, 2.45) is 0 Å². The summed E-state index contributed by atoms with van der Waals surface area (Å²) >= 11 is 15.2. The van der Waals surface area contributed by atoms with Crippen LogP contribution in [0.5, 0.6) is 0 Å². The van der Waals surface area contributed by atoms with Crippen molar-refractivity contribution in [3.05, 3.63) is 68.5 Å². The van der Waals surface area contributed by atoms with E-state index in [9.17, 15) is 4.79 Å². The number of carbonyl (C=O) groups is 1. The first-order valence-corrected chi connectivity index (χ1v) is 12.2. The highest BCUT2D eigenvalue weighted by atomic mass is 35.5. The molecule has 2 N–H and O–H groups in total. The molecule has 2 aromatic heterocycles. The molecule has 0 spiro atoms. The van der Waals surface area contributed by atoms with Gasteiger partial charge in [0.15, 0.2) is 0 Å². The number of allylic oxidation sites excluding steroid dienone is 1. The Morgan fingerprint density at radius 3 is 2.97 bits per heavy atom. The van der Waals surface area contributed by atoms with Gasteiger partial charge in [-0.1, -0.05) is 35.3 Å². The lowest BCUT2D eigenvalue weighted by Crippen LogP contribution is -2.31. The third-order valence-corrected chi connectivity index (χ3v) is 7.29. The van der Waals surface area contributed by atoms with E-state index in [-0.39, 0.29) is 6.03 Å². The van der Waals surface area contributed by atoms with E-state index >= 15 is 0 Å². The minimum Gasteiger partial charge on any atom is -0.334 e. The Kier molecular flexibility index (Phi) is 7.22. The van der Waals surface area contributed by atoms with E-state index in [0.717, 1.165) is 39.7 Å². The largest absolute Gasteiger partial charge is 0.334 e. The molecule has 6 nitrogen and oxygen atoms in total. The minimum absolute atomic E-state index is 0.231. The molecule has 1 aliphatic carbocycles. The Morgan fingerprint density at radius 2 is 2.19 bits per heavy atom. The second-order valence-electron chi connectivity index (χ2n) is 7.11. The number of aryl methyl sites for hydroxylation is 2. The first-order valence-electron chi connectivity index (χ1n) is 9.80. The molecule has 3 aromatic rings. The number of nitrogens with zero attached hydrogens (tertiary/aromatic N) is 3. The number of rotatable bonds is 6. The molecule has 10 heteroatoms. The van der Waals surface area contributed by atoms with Gasteiger partial charge in [-0.25, -0.2) is 9.78 Å². The van der Waals surface area contributed by atoms with E-state index in [1.807, 2.05) is 29.9 Å². The average Bonchev–Trinajstić information content (AvgIpc) is 3.35. The fourth-order valence-corrected chi connectivity index (χ4v) is 5.48. The number of carbonyl (C=O) groups excluding carboxylic acids is 1. The van der Waals surface area contributed by atoms with Crippen LogP contribution >= 0.6 is 46.5 Å². The van der Waals surface area contributed by atoms with Crippen LogP contribution in [0.2, 0.25) is 10.0 Å². The molecular weight excluding hydrogens is 473 g/mol. The quantitative estimate of drug-likeness (QED) is 0.430. The number of hydrogen-bond acceptors (Lipinski definition) is 5. The van der Waals surface area contributed by atoms with Gasteiger partial charge in [-0.2, -0.15) is 5.10 Å². The zero-order valence-electron chi connectivity index (χ0n) is 16.8. The normalized spacial score (nSPS) is 14.5. The lowest BCUT2D eigenvalue weighted by Gasteiger charge is -2.18. The summed E-state index contributed by atoms with van der Waals surface area (Å²) in [6.07, 6.45) is 8.77. The summed E-state index contributed by atoms with van der Waals surface area (Å²) in [6, 6.07) is 5.28. The van der Waals surface area contributed by atoms with Gasteiger partial charge in [-0.05, 0) is 55.0 Å². The van der Waals surface area contributed by atoms with Crippen LogP contribution in [0.1, 0.15) is 34.7 Å². The van der Waals surface area contributed by atoms with Crippen LogP contribution in [-0.2, 0) is 13.0 Å². The van der Waals surface area contributed by atoms with Crippen molar-refractivity contribution in [2.45, 2.75) is 36.9 Å². The fraction of sp³-hybridized carbons (Fsp3) is 0.286. The molecular formula is C21H21Cl2N5OS2. The highest BCUT2D eigenvalue weighted by Gasteiger charge is 2.20. The van der Waals surface area contributed by atoms with Crippen LogP contribution in [-0.4, -0.2) is 27.3 Å². The number of hydrogen-bond donors (Lipinski definition) is 2. The van der Waals surface area contributed by atoms with E-state index in [1.165, 1.54) is 23.1 Å². The number of urea groups is 1. The maximum absolute atomic E-state index is 12.1. The van der Waals surface area contributed by atoms with Gasteiger partial charge in [0.05, 0.1) is 29.6 Å². The first kappa shape index (κ1) is 22.2. The Labute approximate surface area is 199 Å². The molecule has 4 rings (SSSR count). The second-order valence-corrected chi connectivity index (χ2v) is 10.3. The molecule has 0 atom stereocenters. The summed E-state index contributed by atoms with van der Waals surface area (Å²) in [5.74, 6) is 0. The van der Waals surface area contributed by atoms with Crippen molar-refractivity contribution >= 4 is 58.1 Å². The average molecular weight is 494 g/mol. The Balaban J connectivity index is 1.40. The Hall–Kier alpha value is -2.00. The molecule has 2 heterocycles. The summed E-state index contributed by atoms with van der Waals surface area (Å²) in [5, 5.41) is 9.69. The summed E-state index contributed by atoms with van der Waals surface area (Å²) < 4.78 is 5.72. The van der Waals surface area contributed by atoms with E-state index in [4.69, 9.17) is 23.2 Å². The van der Waals surface area contributed by atoms with E-state index in [1.54, 1.807) is 23.6 Å².